The average Bonchev–Trinajstić information content (AvgIpc) is 2.76. The van der Waals surface area contributed by atoms with Gasteiger partial charge >= 0.3 is 0 Å². The predicted octanol–water partition coefficient (Wildman–Crippen LogP) is 5.30. The summed E-state index contributed by atoms with van der Waals surface area (Å²) in [5.74, 6) is 0.499. The molecule has 0 aliphatic heterocycles. The minimum Gasteiger partial charge on any atom is -0.382 e. The molecule has 0 atom stereocenters. The number of nitrogen functional groups attached to an aromatic ring is 1. The summed E-state index contributed by atoms with van der Waals surface area (Å²) in [4.78, 5) is 11.6. The van der Waals surface area contributed by atoms with E-state index in [9.17, 15) is 0 Å². The molecule has 0 unspecified atom stereocenters. The van der Waals surface area contributed by atoms with Gasteiger partial charge in [0.2, 0.25) is 0 Å². The lowest BCUT2D eigenvalue weighted by Crippen LogP contribution is -2.22. The van der Waals surface area contributed by atoms with Gasteiger partial charge in [-0.2, -0.15) is 0 Å². The largest absolute Gasteiger partial charge is 0.382 e. The maximum Gasteiger partial charge on any atom is 0.150 e. The molecule has 4 nitrogen and oxygen atoms in total. The van der Waals surface area contributed by atoms with Crippen LogP contribution in [-0.4, -0.2) is 28.0 Å². The Hall–Kier alpha value is -2.98. The van der Waals surface area contributed by atoms with Crippen molar-refractivity contribution in [2.45, 2.75) is 40.2 Å². The zero-order chi connectivity index (χ0) is 21.1. The van der Waals surface area contributed by atoms with Crippen LogP contribution in [-0.2, 0) is 19.4 Å². The van der Waals surface area contributed by atoms with Crippen molar-refractivity contribution in [3.05, 3.63) is 77.0 Å². The molecule has 154 valence electrons. The van der Waals surface area contributed by atoms with Gasteiger partial charge < -0.3 is 5.73 Å². The van der Waals surface area contributed by atoms with Crippen molar-refractivity contribution in [3.8, 4) is 0 Å². The third-order valence-corrected chi connectivity index (χ3v) is 5.90. The van der Waals surface area contributed by atoms with E-state index in [-0.39, 0.29) is 0 Å². The van der Waals surface area contributed by atoms with Gasteiger partial charge in [0.1, 0.15) is 5.52 Å². The quantitative estimate of drug-likeness (QED) is 0.429. The lowest BCUT2D eigenvalue weighted by Gasteiger charge is -2.18. The lowest BCUT2D eigenvalue weighted by molar-refractivity contribution is 0.296. The van der Waals surface area contributed by atoms with E-state index in [0.29, 0.717) is 5.82 Å². The number of hydrogen-bond donors (Lipinski definition) is 1. The number of anilines is 1. The van der Waals surface area contributed by atoms with Crippen LogP contribution >= 0.6 is 0 Å². The number of nitrogens with two attached hydrogens (primary N) is 1. The van der Waals surface area contributed by atoms with E-state index in [4.69, 9.17) is 5.73 Å². The number of nitrogens with zero attached hydrogens (tertiary/aromatic N) is 3. The SMILES string of the molecule is CCN(CC)Cc1ccc(CCc2cnc3c(N)nc4cc(C)ccc4c3c2)cc1. The smallest absolute Gasteiger partial charge is 0.150 e. The highest BCUT2D eigenvalue weighted by atomic mass is 15.1. The number of fused-ring (bicyclic) bond motifs is 3. The van der Waals surface area contributed by atoms with Crippen molar-refractivity contribution in [2.24, 2.45) is 0 Å². The fraction of sp³-hybridized carbons (Fsp3) is 0.308. The van der Waals surface area contributed by atoms with Crippen LogP contribution in [0.5, 0.6) is 0 Å². The van der Waals surface area contributed by atoms with E-state index in [1.165, 1.54) is 22.3 Å². The Kier molecular flexibility index (Phi) is 5.96. The highest BCUT2D eigenvalue weighted by molar-refractivity contribution is 6.08. The summed E-state index contributed by atoms with van der Waals surface area (Å²) in [5.41, 5.74) is 13.0. The minimum atomic E-state index is 0.499. The molecular weight excluding hydrogens is 368 g/mol. The van der Waals surface area contributed by atoms with Gasteiger partial charge in [0.25, 0.3) is 0 Å². The zero-order valence-electron chi connectivity index (χ0n) is 18.2. The molecule has 30 heavy (non-hydrogen) atoms. The van der Waals surface area contributed by atoms with Crippen LogP contribution in [0.3, 0.4) is 0 Å². The summed E-state index contributed by atoms with van der Waals surface area (Å²) in [6.07, 6.45) is 3.89. The van der Waals surface area contributed by atoms with Gasteiger partial charge in [-0.15, -0.1) is 0 Å². The Balaban J connectivity index is 1.53. The Labute approximate surface area is 178 Å². The van der Waals surface area contributed by atoms with Gasteiger partial charge in [0.05, 0.1) is 5.52 Å². The van der Waals surface area contributed by atoms with E-state index >= 15 is 0 Å². The molecule has 2 N–H and O–H groups in total. The van der Waals surface area contributed by atoms with Crippen LogP contribution in [0.25, 0.3) is 21.8 Å². The maximum atomic E-state index is 6.18. The number of rotatable bonds is 7. The molecular formula is C26H30N4. The van der Waals surface area contributed by atoms with E-state index < -0.39 is 0 Å². The van der Waals surface area contributed by atoms with Crippen molar-refractivity contribution in [1.29, 1.82) is 0 Å². The van der Waals surface area contributed by atoms with Crippen molar-refractivity contribution in [1.82, 2.24) is 14.9 Å². The molecule has 2 aromatic carbocycles. The second kappa shape index (κ2) is 8.80. The molecule has 0 radical (unpaired) electrons. The monoisotopic (exact) mass is 398 g/mol. The number of pyridine rings is 2. The molecule has 0 aliphatic rings. The second-order valence-corrected chi connectivity index (χ2v) is 8.04. The molecule has 2 aromatic heterocycles. The lowest BCUT2D eigenvalue weighted by atomic mass is 10.0. The first-order valence-electron chi connectivity index (χ1n) is 10.8. The molecule has 0 bridgehead atoms. The van der Waals surface area contributed by atoms with Crippen molar-refractivity contribution in [3.63, 3.8) is 0 Å². The molecule has 4 heteroatoms. The summed E-state index contributed by atoms with van der Waals surface area (Å²) >= 11 is 0. The van der Waals surface area contributed by atoms with Gasteiger partial charge in [-0.3, -0.25) is 9.88 Å². The Bertz CT molecular complexity index is 1160. The van der Waals surface area contributed by atoms with E-state index in [1.54, 1.807) is 0 Å². The van der Waals surface area contributed by atoms with Crippen LogP contribution in [0.15, 0.2) is 54.7 Å². The first-order chi connectivity index (χ1) is 14.6. The summed E-state index contributed by atoms with van der Waals surface area (Å²) < 4.78 is 0. The van der Waals surface area contributed by atoms with Gasteiger partial charge in [-0.25, -0.2) is 4.98 Å². The highest BCUT2D eigenvalue weighted by Crippen LogP contribution is 2.28. The number of aromatic nitrogens is 2. The molecule has 0 spiro atoms. The molecule has 0 aliphatic carbocycles. The number of benzene rings is 2. The first kappa shape index (κ1) is 20.3. The molecule has 0 saturated heterocycles. The molecule has 0 saturated carbocycles. The standard InChI is InChI=1S/C26H30N4/c1-4-30(5-2)17-20-10-7-19(8-11-20)9-12-21-15-23-22-13-6-18(3)14-24(22)29-26(27)25(23)28-16-21/h6-8,10-11,13-16H,4-5,9,12,17H2,1-3H3,(H2,27,29). The zero-order valence-corrected chi connectivity index (χ0v) is 18.2. The fourth-order valence-electron chi connectivity index (χ4n) is 4.00. The molecule has 4 rings (SSSR count). The van der Waals surface area contributed by atoms with Crippen LogP contribution < -0.4 is 5.73 Å². The third kappa shape index (κ3) is 4.29. The molecule has 4 aromatic rings. The Morgan fingerprint density at radius 1 is 0.833 bits per heavy atom. The molecule has 2 heterocycles. The van der Waals surface area contributed by atoms with Crippen molar-refractivity contribution >= 4 is 27.6 Å². The van der Waals surface area contributed by atoms with E-state index in [0.717, 1.165) is 54.3 Å². The van der Waals surface area contributed by atoms with Crippen molar-refractivity contribution in [2.75, 3.05) is 18.8 Å². The van der Waals surface area contributed by atoms with Gasteiger partial charge in [0.15, 0.2) is 5.82 Å². The van der Waals surface area contributed by atoms with Crippen LogP contribution in [0.2, 0.25) is 0 Å². The second-order valence-electron chi connectivity index (χ2n) is 8.04. The Morgan fingerprint density at radius 2 is 1.53 bits per heavy atom. The summed E-state index contributed by atoms with van der Waals surface area (Å²) in [5, 5.41) is 2.20. The molecule has 0 amide bonds. The third-order valence-electron chi connectivity index (χ3n) is 5.90. The summed E-state index contributed by atoms with van der Waals surface area (Å²) in [7, 11) is 0. The fourth-order valence-corrected chi connectivity index (χ4v) is 4.00. The predicted molar refractivity (Wildman–Crippen MR) is 127 cm³/mol. The number of aryl methyl sites for hydroxylation is 3. The maximum absolute atomic E-state index is 6.18. The van der Waals surface area contributed by atoms with Gasteiger partial charge in [-0.05, 0) is 67.2 Å². The average molecular weight is 399 g/mol. The Morgan fingerprint density at radius 3 is 2.27 bits per heavy atom. The topological polar surface area (TPSA) is 55.0 Å². The minimum absolute atomic E-state index is 0.499. The van der Waals surface area contributed by atoms with Gasteiger partial charge in [0, 0.05) is 23.5 Å². The van der Waals surface area contributed by atoms with Crippen molar-refractivity contribution < 1.29 is 0 Å². The van der Waals surface area contributed by atoms with Gasteiger partial charge in [-0.1, -0.05) is 50.2 Å². The summed E-state index contributed by atoms with van der Waals surface area (Å²) in [6.45, 7) is 9.68. The first-order valence-corrected chi connectivity index (χ1v) is 10.8. The van der Waals surface area contributed by atoms with Crippen LogP contribution in [0.4, 0.5) is 5.82 Å². The van der Waals surface area contributed by atoms with E-state index in [1.807, 2.05) is 6.20 Å². The highest BCUT2D eigenvalue weighted by Gasteiger charge is 2.09. The molecule has 0 fully saturated rings. The summed E-state index contributed by atoms with van der Waals surface area (Å²) in [6, 6.07) is 17.6. The van der Waals surface area contributed by atoms with Crippen LogP contribution in [0.1, 0.15) is 36.1 Å². The normalized spacial score (nSPS) is 11.6. The number of hydrogen-bond acceptors (Lipinski definition) is 4. The van der Waals surface area contributed by atoms with E-state index in [2.05, 4.69) is 84.2 Å². The van der Waals surface area contributed by atoms with Crippen LogP contribution in [0, 0.1) is 6.92 Å².